The van der Waals surface area contributed by atoms with E-state index < -0.39 is 0 Å². The highest BCUT2D eigenvalue weighted by Gasteiger charge is 2.43. The van der Waals surface area contributed by atoms with Crippen LogP contribution in [0.1, 0.15) is 23.5 Å². The second kappa shape index (κ2) is 9.47. The summed E-state index contributed by atoms with van der Waals surface area (Å²) >= 11 is 13.3. The van der Waals surface area contributed by atoms with Gasteiger partial charge in [-0.2, -0.15) is 0 Å². The number of methoxy groups -OCH3 is 1. The standard InChI is InChI=1S/C25H20ClN3O2S2/c1-30-20-8-3-2-7-19(20)29-24(23(28-25(29)32)18-6-4-5-15-27-18)21-13-14-22(31-21)33-17-11-9-16(26)10-12-17/h2-15,23-24H,1H3,(H,28,32)/t23-,24-/m0/s1. The van der Waals surface area contributed by atoms with Crippen molar-refractivity contribution in [1.29, 1.82) is 0 Å². The molecule has 166 valence electrons. The van der Waals surface area contributed by atoms with E-state index >= 15 is 0 Å². The minimum absolute atomic E-state index is 0.192. The quantitative estimate of drug-likeness (QED) is 0.301. The van der Waals surface area contributed by atoms with Gasteiger partial charge in [-0.1, -0.05) is 41.6 Å². The summed E-state index contributed by atoms with van der Waals surface area (Å²) in [5.74, 6) is 1.51. The first-order valence-electron chi connectivity index (χ1n) is 10.3. The monoisotopic (exact) mass is 493 g/mol. The molecule has 1 saturated heterocycles. The Kier molecular flexibility index (Phi) is 6.26. The molecule has 2 aromatic carbocycles. The van der Waals surface area contributed by atoms with Crippen molar-refractivity contribution in [3.63, 3.8) is 0 Å². The van der Waals surface area contributed by atoms with Crippen LogP contribution in [0.4, 0.5) is 5.69 Å². The molecule has 2 aromatic heterocycles. The first-order chi connectivity index (χ1) is 16.1. The van der Waals surface area contributed by atoms with Crippen LogP contribution in [-0.4, -0.2) is 17.2 Å². The SMILES string of the molecule is COc1ccccc1N1C(=S)N[C@@H](c2ccccn2)[C@@H]1c1ccc(Sc2ccc(Cl)cc2)o1. The molecule has 4 aromatic rings. The fraction of sp³-hybridized carbons (Fsp3) is 0.120. The summed E-state index contributed by atoms with van der Waals surface area (Å²) in [6.45, 7) is 0. The van der Waals surface area contributed by atoms with Crippen LogP contribution in [0.25, 0.3) is 0 Å². The molecule has 0 amide bonds. The van der Waals surface area contributed by atoms with E-state index in [1.54, 1.807) is 25.1 Å². The third-order valence-electron chi connectivity index (χ3n) is 5.37. The van der Waals surface area contributed by atoms with Gasteiger partial charge in [0, 0.05) is 16.1 Å². The van der Waals surface area contributed by atoms with Crippen LogP contribution in [0.5, 0.6) is 5.75 Å². The van der Waals surface area contributed by atoms with Crippen molar-refractivity contribution in [1.82, 2.24) is 10.3 Å². The Morgan fingerprint density at radius 3 is 2.58 bits per heavy atom. The number of thiocarbonyl (C=S) groups is 1. The third kappa shape index (κ3) is 4.44. The second-order valence-corrected chi connectivity index (χ2v) is 9.28. The van der Waals surface area contributed by atoms with Gasteiger partial charge in [0.25, 0.3) is 0 Å². The lowest BCUT2D eigenvalue weighted by atomic mass is 10.0. The van der Waals surface area contributed by atoms with E-state index in [-0.39, 0.29) is 12.1 Å². The van der Waals surface area contributed by atoms with Gasteiger partial charge in [0.05, 0.1) is 24.5 Å². The van der Waals surface area contributed by atoms with Crippen molar-refractivity contribution in [2.24, 2.45) is 0 Å². The molecule has 1 N–H and O–H groups in total. The van der Waals surface area contributed by atoms with Gasteiger partial charge in [-0.3, -0.25) is 4.98 Å². The molecule has 0 unspecified atom stereocenters. The molecule has 1 fully saturated rings. The number of furan rings is 1. The summed E-state index contributed by atoms with van der Waals surface area (Å²) in [5, 5.41) is 5.51. The number of aromatic nitrogens is 1. The summed E-state index contributed by atoms with van der Waals surface area (Å²) < 4.78 is 12.0. The highest BCUT2D eigenvalue weighted by atomic mass is 35.5. The van der Waals surface area contributed by atoms with E-state index in [0.717, 1.165) is 32.9 Å². The number of benzene rings is 2. The minimum atomic E-state index is -0.247. The molecule has 0 saturated carbocycles. The zero-order valence-electron chi connectivity index (χ0n) is 17.6. The summed E-state index contributed by atoms with van der Waals surface area (Å²) in [6, 6.07) is 24.9. The number of anilines is 1. The zero-order chi connectivity index (χ0) is 22.8. The number of hydrogen-bond acceptors (Lipinski definition) is 5. The van der Waals surface area contributed by atoms with E-state index in [1.807, 2.05) is 83.8 Å². The summed E-state index contributed by atoms with van der Waals surface area (Å²) in [7, 11) is 1.66. The predicted octanol–water partition coefficient (Wildman–Crippen LogP) is 6.66. The van der Waals surface area contributed by atoms with Gasteiger partial charge in [-0.05, 0) is 72.9 Å². The van der Waals surface area contributed by atoms with Gasteiger partial charge in [-0.25, -0.2) is 0 Å². The molecule has 2 atom stereocenters. The number of nitrogens with one attached hydrogen (secondary N) is 1. The van der Waals surface area contributed by atoms with E-state index in [4.69, 9.17) is 33.0 Å². The van der Waals surface area contributed by atoms with Gasteiger partial charge in [0.2, 0.25) is 0 Å². The highest BCUT2D eigenvalue weighted by Crippen LogP contribution is 2.45. The first-order valence-corrected chi connectivity index (χ1v) is 11.9. The van der Waals surface area contributed by atoms with Crippen LogP contribution in [0.15, 0.2) is 99.5 Å². The molecule has 0 bridgehead atoms. The number of halogens is 1. The van der Waals surface area contributed by atoms with Gasteiger partial charge in [0.1, 0.15) is 17.6 Å². The molecular formula is C25H20ClN3O2S2. The molecule has 33 heavy (non-hydrogen) atoms. The van der Waals surface area contributed by atoms with Crippen LogP contribution >= 0.6 is 35.6 Å². The maximum absolute atomic E-state index is 6.35. The van der Waals surface area contributed by atoms with E-state index in [2.05, 4.69) is 10.3 Å². The molecule has 0 aliphatic carbocycles. The van der Waals surface area contributed by atoms with Crippen molar-refractivity contribution in [2.45, 2.75) is 22.1 Å². The van der Waals surface area contributed by atoms with Crippen molar-refractivity contribution in [3.05, 3.63) is 102 Å². The highest BCUT2D eigenvalue weighted by molar-refractivity contribution is 7.99. The molecule has 0 spiro atoms. The Hall–Kier alpha value is -3.00. The maximum atomic E-state index is 6.35. The summed E-state index contributed by atoms with van der Waals surface area (Å²) in [6.07, 6.45) is 1.78. The Morgan fingerprint density at radius 1 is 1.03 bits per heavy atom. The fourth-order valence-corrected chi connectivity index (χ4v) is 5.14. The first kappa shape index (κ1) is 21.8. The van der Waals surface area contributed by atoms with Gasteiger partial charge >= 0.3 is 0 Å². The topological polar surface area (TPSA) is 50.5 Å². The number of ether oxygens (including phenoxy) is 1. The number of hydrogen-bond donors (Lipinski definition) is 1. The molecule has 3 heterocycles. The van der Waals surface area contributed by atoms with Gasteiger partial charge in [-0.15, -0.1) is 0 Å². The van der Waals surface area contributed by atoms with E-state index in [1.165, 1.54) is 0 Å². The largest absolute Gasteiger partial charge is 0.495 e. The summed E-state index contributed by atoms with van der Waals surface area (Å²) in [5.41, 5.74) is 1.75. The Balaban J connectivity index is 1.55. The van der Waals surface area contributed by atoms with Crippen molar-refractivity contribution in [2.75, 3.05) is 12.0 Å². The molecule has 1 aliphatic rings. The number of rotatable bonds is 6. The third-order valence-corrected chi connectivity index (χ3v) is 6.86. The Labute approximate surface area is 206 Å². The van der Waals surface area contributed by atoms with Crippen molar-refractivity contribution < 1.29 is 9.15 Å². The average molecular weight is 494 g/mol. The Morgan fingerprint density at radius 2 is 1.82 bits per heavy atom. The molecule has 8 heteroatoms. The molecule has 0 radical (unpaired) electrons. The molecule has 1 aliphatic heterocycles. The van der Waals surface area contributed by atoms with Crippen LogP contribution in [0.3, 0.4) is 0 Å². The lowest BCUT2D eigenvalue weighted by Crippen LogP contribution is -2.29. The summed E-state index contributed by atoms with van der Waals surface area (Å²) in [4.78, 5) is 7.67. The smallest absolute Gasteiger partial charge is 0.174 e. The normalized spacial score (nSPS) is 17.8. The number of para-hydroxylation sites is 2. The van der Waals surface area contributed by atoms with Crippen molar-refractivity contribution >= 4 is 46.4 Å². The van der Waals surface area contributed by atoms with Crippen molar-refractivity contribution in [3.8, 4) is 5.75 Å². The maximum Gasteiger partial charge on any atom is 0.174 e. The van der Waals surface area contributed by atoms with Crippen LogP contribution in [0, 0.1) is 0 Å². The predicted molar refractivity (Wildman–Crippen MR) is 135 cm³/mol. The molecular weight excluding hydrogens is 474 g/mol. The van der Waals surface area contributed by atoms with Gasteiger partial charge < -0.3 is 19.4 Å². The van der Waals surface area contributed by atoms with Crippen LogP contribution in [0.2, 0.25) is 5.02 Å². The second-order valence-electron chi connectivity index (χ2n) is 7.38. The molecule has 5 nitrogen and oxygen atoms in total. The number of pyridine rings is 1. The lowest BCUT2D eigenvalue weighted by molar-refractivity contribution is 0.380. The Bertz CT molecular complexity index is 1260. The van der Waals surface area contributed by atoms with Gasteiger partial charge in [0.15, 0.2) is 10.2 Å². The molecule has 5 rings (SSSR count). The zero-order valence-corrected chi connectivity index (χ0v) is 20.0. The van der Waals surface area contributed by atoms with E-state index in [0.29, 0.717) is 10.1 Å². The van der Waals surface area contributed by atoms with E-state index in [9.17, 15) is 0 Å². The van der Waals surface area contributed by atoms with Crippen LogP contribution in [-0.2, 0) is 0 Å². The average Bonchev–Trinajstić information content (AvgIpc) is 3.45. The lowest BCUT2D eigenvalue weighted by Gasteiger charge is -2.27. The minimum Gasteiger partial charge on any atom is -0.495 e. The number of nitrogens with zero attached hydrogens (tertiary/aromatic N) is 2. The fourth-order valence-electron chi connectivity index (χ4n) is 3.90. The van der Waals surface area contributed by atoms with Crippen LogP contribution < -0.4 is 15.0 Å².